The fourth-order valence-electron chi connectivity index (χ4n) is 2.48. The van der Waals surface area contributed by atoms with Crippen LogP contribution in [0.5, 0.6) is 0 Å². The maximum absolute atomic E-state index is 10.4. The van der Waals surface area contributed by atoms with Gasteiger partial charge in [0, 0.05) is 6.04 Å². The average Bonchev–Trinajstić information content (AvgIpc) is 2.91. The lowest BCUT2D eigenvalue weighted by molar-refractivity contribution is -0.0604. The number of hydrogen-bond donors (Lipinski definition) is 2. The summed E-state index contributed by atoms with van der Waals surface area (Å²) in [5.41, 5.74) is -1.21. The van der Waals surface area contributed by atoms with Gasteiger partial charge in [0.05, 0.1) is 17.1 Å². The molecule has 0 aromatic heterocycles. The Morgan fingerprint density at radius 3 is 2.62 bits per heavy atom. The quantitative estimate of drug-likeness (QED) is 0.627. The minimum atomic E-state index is -0.778. The van der Waals surface area contributed by atoms with Gasteiger partial charge in [-0.1, -0.05) is 0 Å². The first kappa shape index (κ1) is 8.98. The zero-order valence-corrected chi connectivity index (χ0v) is 8.01. The zero-order chi connectivity index (χ0) is 9.53. The highest BCUT2D eigenvalue weighted by Crippen LogP contribution is 2.57. The Bertz CT molecular complexity index is 254. The van der Waals surface area contributed by atoms with Gasteiger partial charge in [0.25, 0.3) is 0 Å². The van der Waals surface area contributed by atoms with Crippen molar-refractivity contribution in [3.63, 3.8) is 0 Å². The third-order valence-electron chi connectivity index (χ3n) is 3.69. The lowest BCUT2D eigenvalue weighted by Crippen LogP contribution is -2.58. The Hall–Kier alpha value is -0.590. The second kappa shape index (κ2) is 2.70. The molecule has 13 heavy (non-hydrogen) atoms. The number of nitrogens with zero attached hydrogens (tertiary/aromatic N) is 1. The van der Waals surface area contributed by atoms with Crippen molar-refractivity contribution in [1.82, 2.24) is 5.32 Å². The fourth-order valence-corrected chi connectivity index (χ4v) is 2.48. The lowest BCUT2D eigenvalue weighted by Gasteiger charge is -2.42. The first-order chi connectivity index (χ1) is 6.15. The van der Waals surface area contributed by atoms with E-state index in [0.717, 1.165) is 32.2 Å². The van der Waals surface area contributed by atoms with Crippen LogP contribution in [0.1, 0.15) is 32.6 Å². The summed E-state index contributed by atoms with van der Waals surface area (Å²) >= 11 is 0. The van der Waals surface area contributed by atoms with Crippen LogP contribution in [-0.4, -0.2) is 23.3 Å². The van der Waals surface area contributed by atoms with Crippen LogP contribution < -0.4 is 5.32 Å². The highest BCUT2D eigenvalue weighted by Gasteiger charge is 2.62. The third kappa shape index (κ3) is 1.09. The van der Waals surface area contributed by atoms with Gasteiger partial charge >= 0.3 is 0 Å². The molecular weight excluding hydrogens is 164 g/mol. The van der Waals surface area contributed by atoms with Crippen molar-refractivity contribution in [1.29, 1.82) is 5.26 Å². The van der Waals surface area contributed by atoms with Crippen LogP contribution >= 0.6 is 0 Å². The number of nitriles is 1. The molecule has 0 amide bonds. The van der Waals surface area contributed by atoms with Crippen LogP contribution in [-0.2, 0) is 0 Å². The standard InChI is InChI=1S/C10H16N2O/c1-8-10(13,3-2-6-12-8)9(7-11)4-5-9/h8,12-13H,2-6H2,1H3. The highest BCUT2D eigenvalue weighted by molar-refractivity contribution is 5.23. The molecule has 2 atom stereocenters. The van der Waals surface area contributed by atoms with Gasteiger partial charge in [0.2, 0.25) is 0 Å². The maximum Gasteiger partial charge on any atom is 0.0982 e. The second-order valence-corrected chi connectivity index (χ2v) is 4.40. The number of piperidine rings is 1. The molecule has 0 aromatic rings. The Morgan fingerprint density at radius 2 is 2.15 bits per heavy atom. The Morgan fingerprint density at radius 1 is 1.46 bits per heavy atom. The Labute approximate surface area is 78.7 Å². The molecule has 1 aliphatic heterocycles. The van der Waals surface area contributed by atoms with Crippen molar-refractivity contribution in [3.8, 4) is 6.07 Å². The van der Waals surface area contributed by atoms with E-state index < -0.39 is 11.0 Å². The largest absolute Gasteiger partial charge is 0.387 e. The molecule has 1 saturated heterocycles. The molecule has 0 radical (unpaired) electrons. The molecule has 0 bridgehead atoms. The topological polar surface area (TPSA) is 56.0 Å². The molecule has 2 fully saturated rings. The predicted octanol–water partition coefficient (Wildman–Crippen LogP) is 0.793. The molecule has 3 nitrogen and oxygen atoms in total. The van der Waals surface area contributed by atoms with Gasteiger partial charge in [-0.2, -0.15) is 5.26 Å². The number of nitrogens with one attached hydrogen (secondary N) is 1. The summed E-state index contributed by atoms with van der Waals surface area (Å²) in [6, 6.07) is 2.36. The molecule has 72 valence electrons. The van der Waals surface area contributed by atoms with E-state index >= 15 is 0 Å². The number of hydrogen-bond acceptors (Lipinski definition) is 3. The van der Waals surface area contributed by atoms with Crippen molar-refractivity contribution in [2.75, 3.05) is 6.54 Å². The van der Waals surface area contributed by atoms with Crippen LogP contribution in [0.3, 0.4) is 0 Å². The van der Waals surface area contributed by atoms with Gasteiger partial charge in [-0.05, 0) is 39.2 Å². The molecule has 2 N–H and O–H groups in total. The normalized spacial score (nSPS) is 42.4. The van der Waals surface area contributed by atoms with Gasteiger partial charge in [-0.3, -0.25) is 0 Å². The summed E-state index contributed by atoms with van der Waals surface area (Å²) in [7, 11) is 0. The molecule has 0 spiro atoms. The number of rotatable bonds is 1. The first-order valence-electron chi connectivity index (χ1n) is 5.02. The average molecular weight is 180 g/mol. The zero-order valence-electron chi connectivity index (χ0n) is 8.01. The van der Waals surface area contributed by atoms with Gasteiger partial charge in [0.1, 0.15) is 0 Å². The summed E-state index contributed by atoms with van der Waals surface area (Å²) in [6.45, 7) is 2.95. The van der Waals surface area contributed by atoms with E-state index in [2.05, 4.69) is 11.4 Å². The van der Waals surface area contributed by atoms with Gasteiger partial charge in [-0.15, -0.1) is 0 Å². The van der Waals surface area contributed by atoms with Crippen LogP contribution in [0.2, 0.25) is 0 Å². The Kier molecular flexibility index (Phi) is 1.86. The van der Waals surface area contributed by atoms with Crippen LogP contribution in [0.15, 0.2) is 0 Å². The third-order valence-corrected chi connectivity index (χ3v) is 3.69. The van der Waals surface area contributed by atoms with E-state index in [1.807, 2.05) is 6.92 Å². The minimum absolute atomic E-state index is 0.0587. The predicted molar refractivity (Wildman–Crippen MR) is 48.9 cm³/mol. The molecule has 1 saturated carbocycles. The summed E-state index contributed by atoms with van der Waals surface area (Å²) in [5.74, 6) is 0. The maximum atomic E-state index is 10.4. The van der Waals surface area contributed by atoms with Crippen molar-refractivity contribution >= 4 is 0 Å². The molecule has 0 aromatic carbocycles. The van der Waals surface area contributed by atoms with E-state index in [1.165, 1.54) is 0 Å². The van der Waals surface area contributed by atoms with E-state index in [-0.39, 0.29) is 6.04 Å². The van der Waals surface area contributed by atoms with Gasteiger partial charge in [0.15, 0.2) is 0 Å². The molecule has 1 heterocycles. The van der Waals surface area contributed by atoms with Crippen molar-refractivity contribution in [2.45, 2.75) is 44.2 Å². The van der Waals surface area contributed by atoms with Gasteiger partial charge < -0.3 is 10.4 Å². The molecule has 2 unspecified atom stereocenters. The SMILES string of the molecule is CC1NCCCC1(O)C1(C#N)CC1. The summed E-state index contributed by atoms with van der Waals surface area (Å²) in [4.78, 5) is 0. The van der Waals surface area contributed by atoms with Crippen molar-refractivity contribution in [2.24, 2.45) is 5.41 Å². The van der Waals surface area contributed by atoms with E-state index in [4.69, 9.17) is 5.26 Å². The minimum Gasteiger partial charge on any atom is -0.387 e. The molecule has 3 heteroatoms. The monoisotopic (exact) mass is 180 g/mol. The molecular formula is C10H16N2O. The van der Waals surface area contributed by atoms with E-state index in [9.17, 15) is 5.11 Å². The van der Waals surface area contributed by atoms with Crippen LogP contribution in [0.4, 0.5) is 0 Å². The molecule has 2 aliphatic rings. The highest BCUT2D eigenvalue weighted by atomic mass is 16.3. The lowest BCUT2D eigenvalue weighted by atomic mass is 9.74. The summed E-state index contributed by atoms with van der Waals surface area (Å²) in [5, 5.41) is 22.8. The van der Waals surface area contributed by atoms with Gasteiger partial charge in [-0.25, -0.2) is 0 Å². The molecule has 1 aliphatic carbocycles. The summed E-state index contributed by atoms with van der Waals surface area (Å²) < 4.78 is 0. The Balaban J connectivity index is 2.23. The van der Waals surface area contributed by atoms with E-state index in [1.54, 1.807) is 0 Å². The van der Waals surface area contributed by atoms with Crippen molar-refractivity contribution < 1.29 is 5.11 Å². The first-order valence-corrected chi connectivity index (χ1v) is 5.02. The van der Waals surface area contributed by atoms with Crippen LogP contribution in [0, 0.1) is 16.7 Å². The van der Waals surface area contributed by atoms with Crippen molar-refractivity contribution in [3.05, 3.63) is 0 Å². The molecule has 2 rings (SSSR count). The second-order valence-electron chi connectivity index (χ2n) is 4.40. The van der Waals surface area contributed by atoms with E-state index in [0.29, 0.717) is 0 Å². The summed E-state index contributed by atoms with van der Waals surface area (Å²) in [6.07, 6.45) is 3.48. The smallest absolute Gasteiger partial charge is 0.0982 e. The van der Waals surface area contributed by atoms with Crippen LogP contribution in [0.25, 0.3) is 0 Å². The number of aliphatic hydroxyl groups is 1. The fraction of sp³-hybridized carbons (Fsp3) is 0.900.